The van der Waals surface area contributed by atoms with E-state index in [1.165, 1.54) is 0 Å². The first-order chi connectivity index (χ1) is 7.19. The molecule has 15 heavy (non-hydrogen) atoms. The number of nitrogens with two attached hydrogens (primary N) is 1. The van der Waals surface area contributed by atoms with Crippen LogP contribution in [-0.2, 0) is 0 Å². The van der Waals surface area contributed by atoms with Crippen molar-refractivity contribution in [2.45, 2.75) is 6.92 Å². The number of nitriles is 1. The number of anilines is 1. The molecule has 0 spiro atoms. The Balaban J connectivity index is 2.82. The molecule has 0 bridgehead atoms. The lowest BCUT2D eigenvalue weighted by atomic mass is 10.1. The third kappa shape index (κ3) is 2.97. The minimum atomic E-state index is 0.432. The highest BCUT2D eigenvalue weighted by Crippen LogP contribution is 2.18. The van der Waals surface area contributed by atoms with Gasteiger partial charge in [0, 0.05) is 13.6 Å². The summed E-state index contributed by atoms with van der Waals surface area (Å²) < 4.78 is 0. The van der Waals surface area contributed by atoms with Crippen LogP contribution >= 0.6 is 0 Å². The number of nitrogens with zero attached hydrogens (tertiary/aromatic N) is 2. The van der Waals surface area contributed by atoms with E-state index in [9.17, 15) is 0 Å². The summed E-state index contributed by atoms with van der Waals surface area (Å²) in [5.74, 6) is 0.432. The zero-order chi connectivity index (χ0) is 11.3. The van der Waals surface area contributed by atoms with Crippen molar-refractivity contribution in [3.63, 3.8) is 0 Å². The minimum absolute atomic E-state index is 0.432. The molecule has 0 heterocycles. The third-order valence-electron chi connectivity index (χ3n) is 2.42. The van der Waals surface area contributed by atoms with Crippen LogP contribution in [0, 0.1) is 17.2 Å². The average molecular weight is 203 g/mol. The Morgan fingerprint density at radius 3 is 2.73 bits per heavy atom. The fraction of sp³-hybridized carbons (Fsp3) is 0.417. The van der Waals surface area contributed by atoms with Gasteiger partial charge in [-0.15, -0.1) is 0 Å². The van der Waals surface area contributed by atoms with Gasteiger partial charge >= 0.3 is 0 Å². The molecule has 0 amide bonds. The van der Waals surface area contributed by atoms with Crippen molar-refractivity contribution in [1.29, 1.82) is 5.26 Å². The number of benzene rings is 1. The third-order valence-corrected chi connectivity index (χ3v) is 2.42. The summed E-state index contributed by atoms with van der Waals surface area (Å²) in [6.45, 7) is 3.64. The summed E-state index contributed by atoms with van der Waals surface area (Å²) in [6, 6.07) is 9.81. The average Bonchev–Trinajstić information content (AvgIpc) is 2.28. The number of rotatable bonds is 4. The molecular weight excluding hydrogens is 186 g/mol. The SMILES string of the molecule is CC(CN)CN(C)c1ccccc1C#N. The highest BCUT2D eigenvalue weighted by Gasteiger charge is 2.08. The van der Waals surface area contributed by atoms with Gasteiger partial charge in [0.1, 0.15) is 6.07 Å². The fourth-order valence-electron chi connectivity index (χ4n) is 1.54. The fourth-order valence-corrected chi connectivity index (χ4v) is 1.54. The van der Waals surface area contributed by atoms with Gasteiger partial charge in [0.2, 0.25) is 0 Å². The predicted molar refractivity (Wildman–Crippen MR) is 62.6 cm³/mol. The van der Waals surface area contributed by atoms with E-state index in [4.69, 9.17) is 11.0 Å². The Morgan fingerprint density at radius 1 is 1.47 bits per heavy atom. The van der Waals surface area contributed by atoms with Crippen molar-refractivity contribution in [1.82, 2.24) is 0 Å². The molecule has 0 saturated carbocycles. The molecular formula is C12H17N3. The van der Waals surface area contributed by atoms with Gasteiger partial charge in [-0.25, -0.2) is 0 Å². The van der Waals surface area contributed by atoms with Crippen LogP contribution in [0.2, 0.25) is 0 Å². The number of hydrogen-bond donors (Lipinski definition) is 1. The molecule has 2 N–H and O–H groups in total. The Hall–Kier alpha value is -1.53. The zero-order valence-electron chi connectivity index (χ0n) is 9.27. The van der Waals surface area contributed by atoms with E-state index >= 15 is 0 Å². The molecule has 0 saturated heterocycles. The van der Waals surface area contributed by atoms with E-state index in [1.807, 2.05) is 31.3 Å². The van der Waals surface area contributed by atoms with Crippen LogP contribution in [0.5, 0.6) is 0 Å². The van der Waals surface area contributed by atoms with Gasteiger partial charge < -0.3 is 10.6 Å². The van der Waals surface area contributed by atoms with Crippen LogP contribution in [0.25, 0.3) is 0 Å². The lowest BCUT2D eigenvalue weighted by Crippen LogP contribution is -2.28. The highest BCUT2D eigenvalue weighted by atomic mass is 15.1. The lowest BCUT2D eigenvalue weighted by molar-refractivity contribution is 0.590. The van der Waals surface area contributed by atoms with Crippen LogP contribution in [0.1, 0.15) is 12.5 Å². The van der Waals surface area contributed by atoms with Gasteiger partial charge in [0.05, 0.1) is 11.3 Å². The molecule has 1 aromatic rings. The molecule has 0 aromatic heterocycles. The molecule has 0 aliphatic heterocycles. The molecule has 1 aromatic carbocycles. The Kier molecular flexibility index (Phi) is 4.14. The number of para-hydroxylation sites is 1. The molecule has 0 aliphatic rings. The second-order valence-electron chi connectivity index (χ2n) is 3.85. The lowest BCUT2D eigenvalue weighted by Gasteiger charge is -2.23. The normalized spacial score (nSPS) is 11.9. The second kappa shape index (κ2) is 5.38. The van der Waals surface area contributed by atoms with Crippen molar-refractivity contribution in [3.05, 3.63) is 29.8 Å². The predicted octanol–water partition coefficient (Wildman–Crippen LogP) is 1.59. The zero-order valence-corrected chi connectivity index (χ0v) is 9.27. The smallest absolute Gasteiger partial charge is 0.101 e. The van der Waals surface area contributed by atoms with Gasteiger partial charge in [-0.05, 0) is 24.6 Å². The summed E-state index contributed by atoms with van der Waals surface area (Å²) in [5, 5.41) is 8.96. The first-order valence-electron chi connectivity index (χ1n) is 5.09. The summed E-state index contributed by atoms with van der Waals surface area (Å²) in [5.41, 5.74) is 7.26. The van der Waals surface area contributed by atoms with Crippen LogP contribution in [0.15, 0.2) is 24.3 Å². The van der Waals surface area contributed by atoms with E-state index in [1.54, 1.807) is 0 Å². The molecule has 80 valence electrons. The van der Waals surface area contributed by atoms with Crippen molar-refractivity contribution in [3.8, 4) is 6.07 Å². The van der Waals surface area contributed by atoms with Crippen molar-refractivity contribution < 1.29 is 0 Å². The maximum Gasteiger partial charge on any atom is 0.101 e. The van der Waals surface area contributed by atoms with Crippen LogP contribution < -0.4 is 10.6 Å². The Labute approximate surface area is 91.1 Å². The highest BCUT2D eigenvalue weighted by molar-refractivity contribution is 5.58. The summed E-state index contributed by atoms with van der Waals surface area (Å²) in [7, 11) is 1.99. The van der Waals surface area contributed by atoms with Crippen molar-refractivity contribution in [2.75, 3.05) is 25.0 Å². The van der Waals surface area contributed by atoms with Gasteiger partial charge in [-0.1, -0.05) is 19.1 Å². The summed E-state index contributed by atoms with van der Waals surface area (Å²) in [4.78, 5) is 2.08. The van der Waals surface area contributed by atoms with E-state index in [0.29, 0.717) is 18.0 Å². The first kappa shape index (κ1) is 11.5. The molecule has 0 aliphatic carbocycles. The van der Waals surface area contributed by atoms with E-state index in [2.05, 4.69) is 17.9 Å². The van der Waals surface area contributed by atoms with E-state index in [-0.39, 0.29) is 0 Å². The molecule has 1 atom stereocenters. The molecule has 0 radical (unpaired) electrons. The molecule has 3 nitrogen and oxygen atoms in total. The van der Waals surface area contributed by atoms with E-state index in [0.717, 1.165) is 12.2 Å². The first-order valence-corrected chi connectivity index (χ1v) is 5.09. The molecule has 3 heteroatoms. The summed E-state index contributed by atoms with van der Waals surface area (Å²) >= 11 is 0. The number of hydrogen-bond acceptors (Lipinski definition) is 3. The minimum Gasteiger partial charge on any atom is -0.373 e. The standard InChI is InChI=1S/C12H17N3/c1-10(7-13)9-15(2)12-6-4-3-5-11(12)8-14/h3-6,10H,7,9,13H2,1-2H3. The Bertz CT molecular complexity index is 354. The van der Waals surface area contributed by atoms with Crippen LogP contribution in [-0.4, -0.2) is 20.1 Å². The maximum atomic E-state index is 8.96. The molecule has 1 unspecified atom stereocenters. The second-order valence-corrected chi connectivity index (χ2v) is 3.85. The quantitative estimate of drug-likeness (QED) is 0.808. The van der Waals surface area contributed by atoms with Crippen molar-refractivity contribution in [2.24, 2.45) is 11.7 Å². The summed E-state index contributed by atoms with van der Waals surface area (Å²) in [6.07, 6.45) is 0. The Morgan fingerprint density at radius 2 is 2.13 bits per heavy atom. The van der Waals surface area contributed by atoms with Crippen LogP contribution in [0.3, 0.4) is 0 Å². The van der Waals surface area contributed by atoms with E-state index < -0.39 is 0 Å². The molecule has 1 rings (SSSR count). The van der Waals surface area contributed by atoms with Gasteiger partial charge in [0.25, 0.3) is 0 Å². The van der Waals surface area contributed by atoms with Gasteiger partial charge in [-0.3, -0.25) is 0 Å². The topological polar surface area (TPSA) is 53.0 Å². The van der Waals surface area contributed by atoms with Crippen LogP contribution in [0.4, 0.5) is 5.69 Å². The molecule has 0 fully saturated rings. The largest absolute Gasteiger partial charge is 0.373 e. The van der Waals surface area contributed by atoms with Crippen molar-refractivity contribution >= 4 is 5.69 Å². The van der Waals surface area contributed by atoms with Gasteiger partial charge in [-0.2, -0.15) is 5.26 Å². The monoisotopic (exact) mass is 203 g/mol. The van der Waals surface area contributed by atoms with Gasteiger partial charge in [0.15, 0.2) is 0 Å². The maximum absolute atomic E-state index is 8.96.